The highest BCUT2D eigenvalue weighted by molar-refractivity contribution is 6.01. The molecule has 0 saturated heterocycles. The highest BCUT2D eigenvalue weighted by Crippen LogP contribution is 2.21. The average Bonchev–Trinajstić information content (AvgIpc) is 2.57. The number of aromatic nitrogens is 2. The number of carbonyl (C=O) groups excluding carboxylic acids is 2. The second-order valence-corrected chi connectivity index (χ2v) is 3.22. The Labute approximate surface area is 91.0 Å². The van der Waals surface area contributed by atoms with Crippen molar-refractivity contribution in [3.05, 3.63) is 24.3 Å². The van der Waals surface area contributed by atoms with Crippen LogP contribution in [-0.2, 0) is 4.79 Å². The van der Waals surface area contributed by atoms with Gasteiger partial charge in [-0.1, -0.05) is 6.07 Å². The van der Waals surface area contributed by atoms with Crippen LogP contribution in [0.15, 0.2) is 18.2 Å². The van der Waals surface area contributed by atoms with Gasteiger partial charge in [0.2, 0.25) is 5.91 Å². The van der Waals surface area contributed by atoms with Crippen molar-refractivity contribution in [3.63, 3.8) is 0 Å². The molecule has 1 aromatic carbocycles. The summed E-state index contributed by atoms with van der Waals surface area (Å²) in [5.41, 5.74) is 5.70. The van der Waals surface area contributed by atoms with Crippen LogP contribution in [0.25, 0.3) is 10.9 Å². The smallest absolute Gasteiger partial charge is 0.340 e. The molecule has 0 fully saturated rings. The third-order valence-corrected chi connectivity index (χ3v) is 2.03. The van der Waals surface area contributed by atoms with Crippen molar-refractivity contribution >= 4 is 28.7 Å². The van der Waals surface area contributed by atoms with E-state index in [9.17, 15) is 9.59 Å². The Morgan fingerprint density at radius 2 is 2.31 bits per heavy atom. The number of hydrogen-bond donors (Lipinski definition) is 2. The predicted octanol–water partition coefficient (Wildman–Crippen LogP) is 0.722. The number of anilines is 1. The molecule has 2 rings (SSSR count). The minimum absolute atomic E-state index is 0.264. The van der Waals surface area contributed by atoms with Crippen LogP contribution in [0, 0.1) is 6.07 Å². The van der Waals surface area contributed by atoms with Crippen molar-refractivity contribution in [1.29, 1.82) is 0 Å². The molecular formula is C10H9N4O2. The third-order valence-electron chi connectivity index (χ3n) is 2.03. The number of nitrogens with one attached hydrogen (secondary N) is 1. The summed E-state index contributed by atoms with van der Waals surface area (Å²) >= 11 is 0. The lowest BCUT2D eigenvalue weighted by atomic mass is 10.2. The van der Waals surface area contributed by atoms with Crippen molar-refractivity contribution < 1.29 is 9.59 Å². The van der Waals surface area contributed by atoms with Gasteiger partial charge in [-0.3, -0.25) is 4.79 Å². The maximum Gasteiger partial charge on any atom is 0.340 e. The van der Waals surface area contributed by atoms with Gasteiger partial charge in [-0.15, -0.1) is 5.10 Å². The normalized spacial score (nSPS) is 10.3. The van der Waals surface area contributed by atoms with Crippen LogP contribution in [-0.4, -0.2) is 21.7 Å². The van der Waals surface area contributed by atoms with E-state index >= 15 is 0 Å². The highest BCUT2D eigenvalue weighted by atomic mass is 16.2. The van der Waals surface area contributed by atoms with Crippen LogP contribution in [0.2, 0.25) is 0 Å². The molecule has 6 heteroatoms. The average molecular weight is 217 g/mol. The van der Waals surface area contributed by atoms with Crippen LogP contribution in [0.3, 0.4) is 0 Å². The monoisotopic (exact) mass is 217 g/mol. The minimum atomic E-state index is -0.701. The zero-order valence-electron chi connectivity index (χ0n) is 8.52. The van der Waals surface area contributed by atoms with E-state index in [1.807, 2.05) is 0 Å². The number of hydrogen-bond acceptors (Lipinski definition) is 3. The standard InChI is InChI=1S/C10H9N4O2/c1-6(15)12-9-7-4-2-3-5-8(7)14(13-9)10(11)16/h3-5H,1H3,(H2,11,16)(H,12,13,15). The van der Waals surface area contributed by atoms with E-state index in [-0.39, 0.29) is 5.91 Å². The lowest BCUT2D eigenvalue weighted by Crippen LogP contribution is -2.20. The van der Waals surface area contributed by atoms with Crippen molar-refractivity contribution in [2.45, 2.75) is 6.92 Å². The Bertz CT molecular complexity index is 573. The molecule has 0 aliphatic rings. The second kappa shape index (κ2) is 3.65. The minimum Gasteiger partial charge on any atom is -0.350 e. The maximum atomic E-state index is 11.1. The summed E-state index contributed by atoms with van der Waals surface area (Å²) in [6, 6.07) is 7.07. The Hall–Kier alpha value is -2.37. The number of primary amides is 1. The molecule has 0 atom stereocenters. The summed E-state index contributed by atoms with van der Waals surface area (Å²) in [4.78, 5) is 22.1. The molecule has 1 radical (unpaired) electrons. The van der Waals surface area contributed by atoms with E-state index in [0.29, 0.717) is 16.7 Å². The molecule has 0 spiro atoms. The molecule has 0 unspecified atom stereocenters. The maximum absolute atomic E-state index is 11.1. The van der Waals surface area contributed by atoms with Crippen molar-refractivity contribution in [3.8, 4) is 0 Å². The Balaban J connectivity index is 2.66. The highest BCUT2D eigenvalue weighted by Gasteiger charge is 2.13. The summed E-state index contributed by atoms with van der Waals surface area (Å²) < 4.78 is 1.04. The largest absolute Gasteiger partial charge is 0.350 e. The molecule has 1 heterocycles. The fraction of sp³-hybridized carbons (Fsp3) is 0.100. The zero-order chi connectivity index (χ0) is 11.7. The number of rotatable bonds is 1. The lowest BCUT2D eigenvalue weighted by molar-refractivity contribution is -0.114. The predicted molar refractivity (Wildman–Crippen MR) is 57.9 cm³/mol. The SMILES string of the molecule is CC(=O)Nc1nn(C(N)=O)c2cc[c]cc12. The molecule has 16 heavy (non-hydrogen) atoms. The number of nitrogens with two attached hydrogens (primary N) is 1. The van der Waals surface area contributed by atoms with E-state index in [4.69, 9.17) is 5.73 Å². The van der Waals surface area contributed by atoms with Gasteiger partial charge in [-0.2, -0.15) is 4.68 Å². The van der Waals surface area contributed by atoms with Gasteiger partial charge in [0.1, 0.15) is 0 Å². The number of fused-ring (bicyclic) bond motifs is 1. The molecule has 0 aliphatic carbocycles. The zero-order valence-corrected chi connectivity index (χ0v) is 8.52. The summed E-state index contributed by atoms with van der Waals surface area (Å²) in [5, 5.41) is 7.07. The number of carbonyl (C=O) groups is 2. The van der Waals surface area contributed by atoms with E-state index in [1.165, 1.54) is 6.92 Å². The molecule has 1 aromatic heterocycles. The molecule has 81 valence electrons. The summed E-state index contributed by atoms with van der Waals surface area (Å²) in [6.45, 7) is 1.36. The van der Waals surface area contributed by atoms with Crippen LogP contribution in [0.4, 0.5) is 10.6 Å². The summed E-state index contributed by atoms with van der Waals surface area (Å²) in [5.74, 6) is 0.0398. The van der Waals surface area contributed by atoms with Crippen molar-refractivity contribution in [2.75, 3.05) is 5.32 Å². The number of benzene rings is 1. The molecule has 2 amide bonds. The fourth-order valence-electron chi connectivity index (χ4n) is 1.43. The van der Waals surface area contributed by atoms with Crippen LogP contribution in [0.1, 0.15) is 6.92 Å². The van der Waals surface area contributed by atoms with Gasteiger partial charge >= 0.3 is 6.03 Å². The molecule has 6 nitrogen and oxygen atoms in total. The first-order chi connectivity index (χ1) is 7.59. The summed E-state index contributed by atoms with van der Waals surface area (Å²) in [6.07, 6.45) is 0. The van der Waals surface area contributed by atoms with Gasteiger partial charge in [0.25, 0.3) is 0 Å². The first-order valence-electron chi connectivity index (χ1n) is 4.56. The Morgan fingerprint density at radius 3 is 2.94 bits per heavy atom. The van der Waals surface area contributed by atoms with E-state index in [0.717, 1.165) is 4.68 Å². The van der Waals surface area contributed by atoms with Crippen molar-refractivity contribution in [1.82, 2.24) is 9.78 Å². The second-order valence-electron chi connectivity index (χ2n) is 3.22. The molecule has 0 bridgehead atoms. The van der Waals surface area contributed by atoms with Gasteiger partial charge in [0, 0.05) is 12.3 Å². The molecule has 0 saturated carbocycles. The van der Waals surface area contributed by atoms with E-state index < -0.39 is 6.03 Å². The van der Waals surface area contributed by atoms with Crippen LogP contribution in [0.5, 0.6) is 0 Å². The van der Waals surface area contributed by atoms with Crippen LogP contribution < -0.4 is 11.1 Å². The number of amides is 2. The van der Waals surface area contributed by atoms with Gasteiger partial charge in [0.15, 0.2) is 5.82 Å². The number of nitrogens with zero attached hydrogens (tertiary/aromatic N) is 2. The first kappa shape index (κ1) is 10.2. The topological polar surface area (TPSA) is 90.0 Å². The van der Waals surface area contributed by atoms with E-state index in [2.05, 4.69) is 16.5 Å². The molecule has 2 aromatic rings. The first-order valence-corrected chi connectivity index (χ1v) is 4.56. The van der Waals surface area contributed by atoms with Gasteiger partial charge < -0.3 is 11.1 Å². The quantitative estimate of drug-likeness (QED) is 0.737. The lowest BCUT2D eigenvalue weighted by Gasteiger charge is -1.95. The van der Waals surface area contributed by atoms with Gasteiger partial charge in [-0.25, -0.2) is 4.79 Å². The summed E-state index contributed by atoms with van der Waals surface area (Å²) in [7, 11) is 0. The van der Waals surface area contributed by atoms with Crippen molar-refractivity contribution in [2.24, 2.45) is 5.73 Å². The molecule has 0 aliphatic heterocycles. The third kappa shape index (κ3) is 1.60. The van der Waals surface area contributed by atoms with Crippen LogP contribution >= 0.6 is 0 Å². The van der Waals surface area contributed by atoms with Gasteiger partial charge in [0.05, 0.1) is 5.52 Å². The van der Waals surface area contributed by atoms with E-state index in [1.54, 1.807) is 18.2 Å². The molecule has 3 N–H and O–H groups in total. The Morgan fingerprint density at radius 1 is 1.56 bits per heavy atom. The molecular weight excluding hydrogens is 208 g/mol. The van der Waals surface area contributed by atoms with Gasteiger partial charge in [-0.05, 0) is 18.2 Å². The fourth-order valence-corrected chi connectivity index (χ4v) is 1.43. The Kier molecular flexibility index (Phi) is 2.32.